The molecule has 0 aromatic heterocycles. The third-order valence-electron chi connectivity index (χ3n) is 5.52. The Balaban J connectivity index is 1.55. The van der Waals surface area contributed by atoms with E-state index in [-0.39, 0.29) is 24.0 Å². The number of fused-ring (bicyclic) bond motifs is 1. The van der Waals surface area contributed by atoms with Gasteiger partial charge in [0.2, 0.25) is 5.91 Å². The van der Waals surface area contributed by atoms with Crippen molar-refractivity contribution in [1.29, 1.82) is 0 Å². The first-order chi connectivity index (χ1) is 14.9. The van der Waals surface area contributed by atoms with E-state index in [0.717, 1.165) is 29.5 Å². The zero-order valence-corrected chi connectivity index (χ0v) is 17.3. The second-order valence-electron chi connectivity index (χ2n) is 7.84. The van der Waals surface area contributed by atoms with Gasteiger partial charge in [-0.05, 0) is 66.8 Å². The molecule has 31 heavy (non-hydrogen) atoms. The Kier molecular flexibility index (Phi) is 5.75. The van der Waals surface area contributed by atoms with E-state index < -0.39 is 12.2 Å². The number of aromatic hydroxyl groups is 1. The van der Waals surface area contributed by atoms with Gasteiger partial charge in [-0.2, -0.15) is 0 Å². The molecule has 1 atom stereocenters. The number of nitrogens with zero attached hydrogens (tertiary/aromatic N) is 1. The number of cyclic esters (lactones) is 1. The number of Topliss-reactive ketones (excluding diaryl/α,β-unsaturated/α-hetero) is 1. The molecule has 0 bridgehead atoms. The zero-order chi connectivity index (χ0) is 22.0. The minimum Gasteiger partial charge on any atom is -0.508 e. The van der Waals surface area contributed by atoms with Gasteiger partial charge in [0.15, 0.2) is 5.78 Å². The van der Waals surface area contributed by atoms with E-state index in [0.29, 0.717) is 24.2 Å². The highest BCUT2D eigenvalue weighted by Crippen LogP contribution is 2.30. The number of carbonyl (C=O) groups excluding carboxylic acids is 3. The number of phenols is 1. The largest absolute Gasteiger partial charge is 0.508 e. The van der Waals surface area contributed by atoms with Crippen LogP contribution < -0.4 is 10.2 Å². The van der Waals surface area contributed by atoms with E-state index in [4.69, 9.17) is 4.74 Å². The molecule has 7 heteroatoms. The number of nitrogens with one attached hydrogen (secondary N) is 1. The Morgan fingerprint density at radius 1 is 1.19 bits per heavy atom. The smallest absolute Gasteiger partial charge is 0.414 e. The number of hydrogen-bond donors (Lipinski definition) is 2. The molecule has 0 radical (unpaired) electrons. The van der Waals surface area contributed by atoms with Crippen LogP contribution in [0.2, 0.25) is 0 Å². The molecule has 0 spiro atoms. The highest BCUT2D eigenvalue weighted by Gasteiger charge is 2.33. The topological polar surface area (TPSA) is 95.9 Å². The summed E-state index contributed by atoms with van der Waals surface area (Å²) in [5.41, 5.74) is 3.84. The van der Waals surface area contributed by atoms with Gasteiger partial charge in [0, 0.05) is 23.7 Å². The van der Waals surface area contributed by atoms with Crippen molar-refractivity contribution in [3.63, 3.8) is 0 Å². The average molecular weight is 420 g/mol. The predicted octanol–water partition coefficient (Wildman–Crippen LogP) is 3.46. The Labute approximate surface area is 180 Å². The summed E-state index contributed by atoms with van der Waals surface area (Å²) in [4.78, 5) is 38.1. The van der Waals surface area contributed by atoms with Crippen LogP contribution in [0, 0.1) is 0 Å². The van der Waals surface area contributed by atoms with Crippen LogP contribution in [0.15, 0.2) is 48.0 Å². The van der Waals surface area contributed by atoms with Crippen LogP contribution in [0.3, 0.4) is 0 Å². The molecule has 2 aliphatic rings. The molecule has 2 aromatic rings. The van der Waals surface area contributed by atoms with Gasteiger partial charge < -0.3 is 15.2 Å². The molecule has 2 aromatic carbocycles. The molecular formula is C24H24N2O5. The summed E-state index contributed by atoms with van der Waals surface area (Å²) < 4.78 is 5.34. The summed E-state index contributed by atoms with van der Waals surface area (Å²) >= 11 is 0. The number of allylic oxidation sites excluding steroid dienone is 1. The van der Waals surface area contributed by atoms with Crippen LogP contribution in [0.1, 0.15) is 41.3 Å². The van der Waals surface area contributed by atoms with Gasteiger partial charge in [0.25, 0.3) is 0 Å². The Hall–Kier alpha value is -3.61. The van der Waals surface area contributed by atoms with E-state index in [1.165, 1.54) is 11.8 Å². The number of benzene rings is 2. The number of anilines is 1. The standard InChI is InChI=1S/C24H24N2O5/c1-15(27)25-13-21-14-26(24(30)31-21)19-7-10-22-17(12-19)3-2-4-18(23(22)29)11-16-5-8-20(28)9-6-16/h5-12,21,28H,2-4,13-14H2,1H3,(H,25,27)/b18-11+. The second kappa shape index (κ2) is 8.63. The zero-order valence-electron chi connectivity index (χ0n) is 17.3. The normalized spacial score (nSPS) is 19.7. The fraction of sp³-hybridized carbons (Fsp3) is 0.292. The minimum atomic E-state index is -0.455. The molecule has 1 fully saturated rings. The molecule has 2 N–H and O–H groups in total. The molecule has 1 saturated heterocycles. The minimum absolute atomic E-state index is 0.0142. The van der Waals surface area contributed by atoms with Gasteiger partial charge in [0.1, 0.15) is 11.9 Å². The van der Waals surface area contributed by atoms with Gasteiger partial charge in [-0.15, -0.1) is 0 Å². The fourth-order valence-corrected chi connectivity index (χ4v) is 3.94. The quantitative estimate of drug-likeness (QED) is 0.583. The van der Waals surface area contributed by atoms with Crippen molar-refractivity contribution in [1.82, 2.24) is 5.32 Å². The summed E-state index contributed by atoms with van der Waals surface area (Å²) in [5, 5.41) is 12.1. The molecule has 2 amide bonds. The Morgan fingerprint density at radius 3 is 2.71 bits per heavy atom. The summed E-state index contributed by atoms with van der Waals surface area (Å²) in [6.45, 7) is 2.03. The molecular weight excluding hydrogens is 396 g/mol. The van der Waals surface area contributed by atoms with Crippen molar-refractivity contribution in [3.05, 3.63) is 64.7 Å². The lowest BCUT2D eigenvalue weighted by Gasteiger charge is -2.16. The predicted molar refractivity (Wildman–Crippen MR) is 116 cm³/mol. The number of amides is 2. The van der Waals surface area contributed by atoms with E-state index in [1.54, 1.807) is 36.4 Å². The van der Waals surface area contributed by atoms with E-state index in [9.17, 15) is 19.5 Å². The SMILES string of the molecule is CC(=O)NCC1CN(c2ccc3c(c2)CCC/C(=C\c2ccc(O)cc2)C3=O)C(=O)O1. The molecule has 1 heterocycles. The molecule has 4 rings (SSSR count). The molecule has 160 valence electrons. The monoisotopic (exact) mass is 420 g/mol. The second-order valence-corrected chi connectivity index (χ2v) is 7.84. The lowest BCUT2D eigenvalue weighted by atomic mass is 9.97. The molecule has 7 nitrogen and oxygen atoms in total. The van der Waals surface area contributed by atoms with E-state index >= 15 is 0 Å². The first kappa shape index (κ1) is 20.7. The van der Waals surface area contributed by atoms with Crippen molar-refractivity contribution < 1.29 is 24.2 Å². The van der Waals surface area contributed by atoms with Gasteiger partial charge in [-0.3, -0.25) is 14.5 Å². The number of phenolic OH excluding ortho intramolecular Hbond substituents is 1. The number of aryl methyl sites for hydroxylation is 1. The number of ether oxygens (including phenoxy) is 1. The van der Waals surface area contributed by atoms with Gasteiger partial charge in [-0.25, -0.2) is 4.79 Å². The van der Waals surface area contributed by atoms with Crippen molar-refractivity contribution >= 4 is 29.5 Å². The summed E-state index contributed by atoms with van der Waals surface area (Å²) in [7, 11) is 0. The van der Waals surface area contributed by atoms with Crippen molar-refractivity contribution in [2.75, 3.05) is 18.0 Å². The summed E-state index contributed by atoms with van der Waals surface area (Å²) in [6.07, 6.45) is 3.23. The third-order valence-corrected chi connectivity index (χ3v) is 5.52. The highest BCUT2D eigenvalue weighted by molar-refractivity contribution is 6.12. The maximum Gasteiger partial charge on any atom is 0.414 e. The van der Waals surface area contributed by atoms with Crippen molar-refractivity contribution in [2.45, 2.75) is 32.3 Å². The summed E-state index contributed by atoms with van der Waals surface area (Å²) in [6, 6.07) is 12.2. The molecule has 1 aliphatic carbocycles. The Bertz CT molecular complexity index is 1060. The van der Waals surface area contributed by atoms with Gasteiger partial charge in [0.05, 0.1) is 13.1 Å². The lowest BCUT2D eigenvalue weighted by Crippen LogP contribution is -2.33. The molecule has 0 saturated carbocycles. The number of rotatable bonds is 4. The summed E-state index contributed by atoms with van der Waals surface area (Å²) in [5.74, 6) is 0.000773. The van der Waals surface area contributed by atoms with Crippen LogP contribution in [-0.4, -0.2) is 42.1 Å². The fourth-order valence-electron chi connectivity index (χ4n) is 3.94. The van der Waals surface area contributed by atoms with Crippen LogP contribution >= 0.6 is 0 Å². The van der Waals surface area contributed by atoms with Crippen molar-refractivity contribution in [2.24, 2.45) is 0 Å². The third kappa shape index (κ3) is 4.60. The van der Waals surface area contributed by atoms with E-state index in [2.05, 4.69) is 5.32 Å². The Morgan fingerprint density at radius 2 is 1.97 bits per heavy atom. The van der Waals surface area contributed by atoms with E-state index in [1.807, 2.05) is 12.1 Å². The van der Waals surface area contributed by atoms with Crippen LogP contribution in [0.5, 0.6) is 5.75 Å². The van der Waals surface area contributed by atoms with Crippen LogP contribution in [-0.2, 0) is 16.0 Å². The maximum absolute atomic E-state index is 13.1. The molecule has 1 unspecified atom stereocenters. The first-order valence-corrected chi connectivity index (χ1v) is 10.3. The lowest BCUT2D eigenvalue weighted by molar-refractivity contribution is -0.119. The average Bonchev–Trinajstić information content (AvgIpc) is 3.05. The maximum atomic E-state index is 13.1. The highest BCUT2D eigenvalue weighted by atomic mass is 16.6. The molecule has 1 aliphatic heterocycles. The number of hydrogen-bond acceptors (Lipinski definition) is 5. The first-order valence-electron chi connectivity index (χ1n) is 10.3. The van der Waals surface area contributed by atoms with Crippen LogP contribution in [0.25, 0.3) is 6.08 Å². The van der Waals surface area contributed by atoms with Gasteiger partial charge in [-0.1, -0.05) is 12.1 Å². The number of carbonyl (C=O) groups is 3. The van der Waals surface area contributed by atoms with Gasteiger partial charge >= 0.3 is 6.09 Å². The van der Waals surface area contributed by atoms with Crippen LogP contribution in [0.4, 0.5) is 10.5 Å². The number of ketones is 1. The van der Waals surface area contributed by atoms with Crippen molar-refractivity contribution in [3.8, 4) is 5.75 Å².